The van der Waals surface area contributed by atoms with Crippen LogP contribution in [0.4, 0.5) is 0 Å². The second-order valence-electron chi connectivity index (χ2n) is 8.67. The fraction of sp³-hybridized carbons (Fsp3) is 0.720. The second-order valence-corrected chi connectivity index (χ2v) is 18.3. The van der Waals surface area contributed by atoms with Crippen LogP contribution in [0.2, 0.25) is 4.28 Å². The van der Waals surface area contributed by atoms with Crippen molar-refractivity contribution in [3.8, 4) is 0 Å². The highest BCUT2D eigenvalue weighted by Gasteiger charge is 2.34. The van der Waals surface area contributed by atoms with E-state index in [4.69, 9.17) is 46.7 Å². The van der Waals surface area contributed by atoms with Crippen molar-refractivity contribution < 1.29 is 41.7 Å². The Hall–Kier alpha value is -0.819. The van der Waals surface area contributed by atoms with E-state index in [1.54, 1.807) is 21.3 Å². The van der Waals surface area contributed by atoms with E-state index in [-0.39, 0.29) is 4.28 Å². The molecule has 0 aliphatic rings. The van der Waals surface area contributed by atoms with Crippen LogP contribution in [-0.4, -0.2) is 143 Å². The maximum Gasteiger partial charge on any atom is 0.166 e. The van der Waals surface area contributed by atoms with Gasteiger partial charge < -0.3 is 41.7 Å². The van der Waals surface area contributed by atoms with Crippen LogP contribution in [0.5, 0.6) is 0 Å². The van der Waals surface area contributed by atoms with Crippen molar-refractivity contribution in [1.29, 1.82) is 0 Å². The molecule has 1 rings (SSSR count). The normalized spacial score (nSPS) is 14.3. The molecule has 0 aliphatic carbocycles. The van der Waals surface area contributed by atoms with Crippen molar-refractivity contribution in [2.24, 2.45) is 4.99 Å². The SMILES string of the molecule is COCCOCCO[SiH2]C(CCN=Cc1ccccc1)([SiH2]OCCOCCOC)[SiH2]OCCOCCOC. The lowest BCUT2D eigenvalue weighted by Gasteiger charge is -2.31. The molecule has 0 amide bonds. The zero-order valence-electron chi connectivity index (χ0n) is 23.6. The Balaban J connectivity index is 2.69. The maximum absolute atomic E-state index is 6.25. The molecule has 10 nitrogen and oxygen atoms in total. The number of benzene rings is 1. The van der Waals surface area contributed by atoms with Gasteiger partial charge in [-0.25, -0.2) is 0 Å². The first-order valence-electron chi connectivity index (χ1n) is 13.2. The summed E-state index contributed by atoms with van der Waals surface area (Å²) >= 11 is 0. The smallest absolute Gasteiger partial charge is 0.166 e. The van der Waals surface area contributed by atoms with E-state index in [1.165, 1.54) is 0 Å². The number of rotatable bonds is 28. The van der Waals surface area contributed by atoms with Gasteiger partial charge in [0.2, 0.25) is 0 Å². The third kappa shape index (κ3) is 20.1. The largest absolute Gasteiger partial charge is 0.422 e. The Kier molecular flexibility index (Phi) is 24.5. The Morgan fingerprint density at radius 3 is 1.45 bits per heavy atom. The van der Waals surface area contributed by atoms with Gasteiger partial charge in [0, 0.05) is 38.4 Å². The molecule has 1 aromatic carbocycles. The minimum Gasteiger partial charge on any atom is -0.422 e. The van der Waals surface area contributed by atoms with Crippen molar-refractivity contribution >= 4 is 35.5 Å². The quantitative estimate of drug-likeness (QED) is 0.0750. The molecule has 0 aromatic heterocycles. The fourth-order valence-electron chi connectivity index (χ4n) is 3.30. The number of hydrogen-bond acceptors (Lipinski definition) is 10. The first-order valence-corrected chi connectivity index (χ1v) is 17.1. The molecule has 13 heteroatoms. The lowest BCUT2D eigenvalue weighted by molar-refractivity contribution is 0.0523. The monoisotopic (exact) mass is 591 g/mol. The van der Waals surface area contributed by atoms with E-state index in [0.717, 1.165) is 18.5 Å². The minimum atomic E-state index is -0.940. The third-order valence-corrected chi connectivity index (χ3v) is 13.5. The van der Waals surface area contributed by atoms with Crippen molar-refractivity contribution in [2.45, 2.75) is 10.7 Å². The van der Waals surface area contributed by atoms with Gasteiger partial charge >= 0.3 is 0 Å². The maximum atomic E-state index is 6.25. The van der Waals surface area contributed by atoms with Crippen molar-refractivity contribution in [2.75, 3.05) is 107 Å². The van der Waals surface area contributed by atoms with Crippen LogP contribution in [-0.2, 0) is 41.7 Å². The molecule has 220 valence electrons. The molecule has 0 atom stereocenters. The average molecular weight is 592 g/mol. The topological polar surface area (TPSA) is 95.4 Å². The number of aliphatic imine (C=N–C) groups is 1. The number of nitrogens with zero attached hydrogens (tertiary/aromatic N) is 1. The van der Waals surface area contributed by atoms with Gasteiger partial charge in [0.25, 0.3) is 0 Å². The van der Waals surface area contributed by atoms with Crippen molar-refractivity contribution in [1.82, 2.24) is 0 Å². The van der Waals surface area contributed by atoms with E-state index in [1.807, 2.05) is 24.4 Å². The summed E-state index contributed by atoms with van der Waals surface area (Å²) in [7, 11) is 2.18. The predicted molar refractivity (Wildman–Crippen MR) is 158 cm³/mol. The summed E-state index contributed by atoms with van der Waals surface area (Å²) in [6.45, 7) is 7.60. The molecule has 0 saturated heterocycles. The van der Waals surface area contributed by atoms with Crippen LogP contribution >= 0.6 is 0 Å². The van der Waals surface area contributed by atoms with Gasteiger partial charge in [-0.15, -0.1) is 0 Å². The van der Waals surface area contributed by atoms with Gasteiger partial charge in [0.05, 0.1) is 79.3 Å². The molecular formula is C25H49NO9Si3. The molecule has 0 heterocycles. The fourth-order valence-corrected chi connectivity index (χ4v) is 9.90. The highest BCUT2D eigenvalue weighted by Crippen LogP contribution is 2.28. The van der Waals surface area contributed by atoms with Crippen LogP contribution in [0.3, 0.4) is 0 Å². The summed E-state index contributed by atoms with van der Waals surface area (Å²) < 4.78 is 50.6. The highest BCUT2D eigenvalue weighted by atomic mass is 28.4. The molecule has 0 unspecified atom stereocenters. The van der Waals surface area contributed by atoms with Gasteiger partial charge in [0.15, 0.2) is 29.3 Å². The summed E-state index contributed by atoms with van der Waals surface area (Å²) in [5.74, 6) is 0. The van der Waals surface area contributed by atoms with E-state index in [2.05, 4.69) is 12.1 Å². The first kappa shape index (κ1) is 35.2. The average Bonchev–Trinajstić information content (AvgIpc) is 2.94. The van der Waals surface area contributed by atoms with Crippen LogP contribution in [0, 0.1) is 0 Å². The molecule has 0 bridgehead atoms. The molecule has 0 saturated carbocycles. The van der Waals surface area contributed by atoms with Gasteiger partial charge in [-0.3, -0.25) is 4.99 Å². The molecular weight excluding hydrogens is 543 g/mol. The van der Waals surface area contributed by atoms with Crippen LogP contribution < -0.4 is 0 Å². The molecule has 0 aliphatic heterocycles. The zero-order valence-corrected chi connectivity index (χ0v) is 27.8. The van der Waals surface area contributed by atoms with E-state index < -0.39 is 29.3 Å². The van der Waals surface area contributed by atoms with Crippen molar-refractivity contribution in [3.05, 3.63) is 35.9 Å². The summed E-state index contributed by atoms with van der Waals surface area (Å²) in [4.78, 5) is 4.72. The standard InChI is InChI=1S/C25H49NO9Si3/c1-27-11-14-30-17-20-33-36-25(37-34-21-18-31-15-12-28-2,38-35-22-19-32-16-13-29-3)9-10-26-23-24-7-5-4-6-8-24/h4-8,23H,9-22,36-38H2,1-3H3. The van der Waals surface area contributed by atoms with E-state index in [0.29, 0.717) is 79.3 Å². The van der Waals surface area contributed by atoms with Gasteiger partial charge in [0.1, 0.15) is 0 Å². The summed E-state index contributed by atoms with van der Waals surface area (Å²) in [6.07, 6.45) is 2.86. The second kappa shape index (κ2) is 26.4. The molecule has 0 radical (unpaired) electrons. The summed E-state index contributed by atoms with van der Waals surface area (Å²) in [5.41, 5.74) is 1.10. The van der Waals surface area contributed by atoms with Gasteiger partial charge in [-0.2, -0.15) is 0 Å². The summed E-state index contributed by atoms with van der Waals surface area (Å²) in [5, 5.41) is 0. The number of ether oxygens (including phenoxy) is 6. The first-order chi connectivity index (χ1) is 18.8. The van der Waals surface area contributed by atoms with E-state index in [9.17, 15) is 0 Å². The van der Waals surface area contributed by atoms with Crippen molar-refractivity contribution in [3.63, 3.8) is 0 Å². The summed E-state index contributed by atoms with van der Waals surface area (Å²) in [6, 6.07) is 10.2. The third-order valence-electron chi connectivity index (χ3n) is 5.45. The van der Waals surface area contributed by atoms with Gasteiger partial charge in [-0.1, -0.05) is 30.3 Å². The Morgan fingerprint density at radius 1 is 0.605 bits per heavy atom. The molecule has 0 fully saturated rings. The lowest BCUT2D eigenvalue weighted by Crippen LogP contribution is -2.40. The predicted octanol–water partition coefficient (Wildman–Crippen LogP) is -0.140. The van der Waals surface area contributed by atoms with E-state index >= 15 is 0 Å². The Morgan fingerprint density at radius 2 is 1.03 bits per heavy atom. The minimum absolute atomic E-state index is 0.0274. The van der Waals surface area contributed by atoms with Crippen LogP contribution in [0.25, 0.3) is 0 Å². The molecule has 38 heavy (non-hydrogen) atoms. The number of hydrogen-bond donors (Lipinski definition) is 0. The Labute approximate surface area is 235 Å². The molecule has 0 spiro atoms. The van der Waals surface area contributed by atoms with Gasteiger partial charge in [-0.05, 0) is 12.0 Å². The number of methoxy groups -OCH3 is 3. The lowest BCUT2D eigenvalue weighted by atomic mass is 10.2. The van der Waals surface area contributed by atoms with Crippen LogP contribution in [0.1, 0.15) is 12.0 Å². The highest BCUT2D eigenvalue weighted by molar-refractivity contribution is 6.74. The molecule has 0 N–H and O–H groups in total. The Bertz CT molecular complexity index is 617. The van der Waals surface area contributed by atoms with Crippen LogP contribution in [0.15, 0.2) is 35.3 Å². The molecule has 1 aromatic rings. The zero-order chi connectivity index (χ0) is 27.4.